The SMILES string of the molecule is C=CCNC(=C)N1CC(OCc2ccc(C#N)cc2)C1. The number of benzene rings is 1. The molecule has 0 amide bonds. The lowest BCUT2D eigenvalue weighted by Crippen LogP contribution is -2.53. The Morgan fingerprint density at radius 3 is 2.75 bits per heavy atom. The van der Waals surface area contributed by atoms with Crippen molar-refractivity contribution in [1.29, 1.82) is 5.26 Å². The number of nitrogens with one attached hydrogen (secondary N) is 1. The van der Waals surface area contributed by atoms with Crippen molar-refractivity contribution in [3.05, 3.63) is 60.4 Å². The first-order chi connectivity index (χ1) is 9.72. The van der Waals surface area contributed by atoms with Gasteiger partial charge in [-0.25, -0.2) is 0 Å². The maximum absolute atomic E-state index is 8.73. The van der Waals surface area contributed by atoms with Gasteiger partial charge in [-0.15, -0.1) is 6.58 Å². The number of nitriles is 1. The van der Waals surface area contributed by atoms with Gasteiger partial charge in [0.1, 0.15) is 0 Å². The van der Waals surface area contributed by atoms with Crippen LogP contribution in [0.15, 0.2) is 49.3 Å². The summed E-state index contributed by atoms with van der Waals surface area (Å²) in [6.07, 6.45) is 2.05. The molecule has 1 aliphatic rings. The van der Waals surface area contributed by atoms with Crippen LogP contribution in [0.4, 0.5) is 0 Å². The molecule has 0 radical (unpaired) electrons. The molecule has 0 aliphatic carbocycles. The normalized spacial score (nSPS) is 14.2. The highest BCUT2D eigenvalue weighted by molar-refractivity contribution is 5.31. The number of rotatable bonds is 7. The molecule has 0 bridgehead atoms. The minimum absolute atomic E-state index is 0.243. The minimum atomic E-state index is 0.243. The molecule has 20 heavy (non-hydrogen) atoms. The second-order valence-corrected chi connectivity index (χ2v) is 4.76. The second-order valence-electron chi connectivity index (χ2n) is 4.76. The molecule has 1 fully saturated rings. The van der Waals surface area contributed by atoms with Crippen LogP contribution in [0, 0.1) is 11.3 Å². The smallest absolute Gasteiger partial charge is 0.0991 e. The van der Waals surface area contributed by atoms with E-state index in [1.54, 1.807) is 0 Å². The van der Waals surface area contributed by atoms with Gasteiger partial charge in [-0.1, -0.05) is 24.8 Å². The van der Waals surface area contributed by atoms with Crippen LogP contribution < -0.4 is 5.32 Å². The maximum Gasteiger partial charge on any atom is 0.0991 e. The lowest BCUT2D eigenvalue weighted by Gasteiger charge is -2.41. The summed E-state index contributed by atoms with van der Waals surface area (Å²) < 4.78 is 5.81. The molecular weight excluding hydrogens is 250 g/mol. The molecule has 0 aromatic heterocycles. The summed E-state index contributed by atoms with van der Waals surface area (Å²) in [5, 5.41) is 11.9. The predicted molar refractivity (Wildman–Crippen MR) is 78.6 cm³/mol. The molecule has 4 heteroatoms. The topological polar surface area (TPSA) is 48.3 Å². The summed E-state index contributed by atoms with van der Waals surface area (Å²) >= 11 is 0. The first-order valence-corrected chi connectivity index (χ1v) is 6.62. The highest BCUT2D eigenvalue weighted by atomic mass is 16.5. The van der Waals surface area contributed by atoms with E-state index in [1.807, 2.05) is 30.3 Å². The Labute approximate surface area is 120 Å². The Morgan fingerprint density at radius 2 is 2.15 bits per heavy atom. The van der Waals surface area contributed by atoms with Crippen molar-refractivity contribution in [2.24, 2.45) is 0 Å². The molecule has 1 aromatic rings. The molecule has 1 aliphatic heterocycles. The van der Waals surface area contributed by atoms with E-state index in [1.165, 1.54) is 0 Å². The molecule has 2 rings (SSSR count). The molecule has 4 nitrogen and oxygen atoms in total. The molecule has 1 saturated heterocycles. The average Bonchev–Trinajstić information content (AvgIpc) is 2.44. The van der Waals surface area contributed by atoms with Crippen LogP contribution in [0.25, 0.3) is 0 Å². The van der Waals surface area contributed by atoms with Gasteiger partial charge >= 0.3 is 0 Å². The van der Waals surface area contributed by atoms with E-state index in [0.717, 1.165) is 31.0 Å². The predicted octanol–water partition coefficient (Wildman–Crippen LogP) is 2.01. The first-order valence-electron chi connectivity index (χ1n) is 6.62. The van der Waals surface area contributed by atoms with Gasteiger partial charge in [0.2, 0.25) is 0 Å². The summed E-state index contributed by atoms with van der Waals surface area (Å²) in [6.45, 7) is 10.7. The summed E-state index contributed by atoms with van der Waals surface area (Å²) in [5.41, 5.74) is 1.76. The third-order valence-electron chi connectivity index (χ3n) is 3.25. The molecule has 0 saturated carbocycles. The van der Waals surface area contributed by atoms with Crippen molar-refractivity contribution in [3.63, 3.8) is 0 Å². The monoisotopic (exact) mass is 269 g/mol. The third-order valence-corrected chi connectivity index (χ3v) is 3.25. The van der Waals surface area contributed by atoms with Crippen LogP contribution >= 0.6 is 0 Å². The summed E-state index contributed by atoms with van der Waals surface area (Å²) in [4.78, 5) is 2.15. The van der Waals surface area contributed by atoms with Gasteiger partial charge in [0.25, 0.3) is 0 Å². The van der Waals surface area contributed by atoms with Crippen LogP contribution in [0.5, 0.6) is 0 Å². The van der Waals surface area contributed by atoms with Crippen molar-refractivity contribution in [2.45, 2.75) is 12.7 Å². The van der Waals surface area contributed by atoms with Crippen molar-refractivity contribution in [1.82, 2.24) is 10.2 Å². The van der Waals surface area contributed by atoms with E-state index >= 15 is 0 Å². The minimum Gasteiger partial charge on any atom is -0.370 e. The Hall–Kier alpha value is -2.25. The highest BCUT2D eigenvalue weighted by Gasteiger charge is 2.28. The number of ether oxygens (including phenoxy) is 1. The summed E-state index contributed by atoms with van der Waals surface area (Å²) in [6, 6.07) is 9.59. The molecular formula is C16H19N3O. The Kier molecular flexibility index (Phi) is 4.80. The largest absolute Gasteiger partial charge is 0.370 e. The van der Waals surface area contributed by atoms with Crippen LogP contribution in [0.1, 0.15) is 11.1 Å². The third kappa shape index (κ3) is 3.62. The Bertz CT molecular complexity index is 510. The molecule has 104 valence electrons. The molecule has 1 N–H and O–H groups in total. The number of nitrogens with zero attached hydrogens (tertiary/aromatic N) is 2. The van der Waals surface area contributed by atoms with Gasteiger partial charge < -0.3 is 15.0 Å². The van der Waals surface area contributed by atoms with Gasteiger partial charge in [-0.2, -0.15) is 5.26 Å². The van der Waals surface area contributed by atoms with E-state index in [4.69, 9.17) is 10.00 Å². The van der Waals surface area contributed by atoms with Gasteiger partial charge in [-0.3, -0.25) is 0 Å². The first kappa shape index (κ1) is 14.2. The van der Waals surface area contributed by atoms with E-state index in [-0.39, 0.29) is 6.10 Å². The van der Waals surface area contributed by atoms with E-state index in [2.05, 4.69) is 29.4 Å². The maximum atomic E-state index is 8.73. The zero-order valence-electron chi connectivity index (χ0n) is 11.5. The average molecular weight is 269 g/mol. The number of likely N-dealkylation sites (tertiary alicyclic amines) is 1. The van der Waals surface area contributed by atoms with Crippen LogP contribution in [0.3, 0.4) is 0 Å². The van der Waals surface area contributed by atoms with Crippen molar-refractivity contribution in [2.75, 3.05) is 19.6 Å². The fourth-order valence-electron chi connectivity index (χ4n) is 1.96. The molecule has 0 spiro atoms. The van der Waals surface area contributed by atoms with Crippen LogP contribution in [0.2, 0.25) is 0 Å². The molecule has 1 aromatic carbocycles. The van der Waals surface area contributed by atoms with Crippen molar-refractivity contribution >= 4 is 0 Å². The van der Waals surface area contributed by atoms with E-state index < -0.39 is 0 Å². The molecule has 0 atom stereocenters. The van der Waals surface area contributed by atoms with E-state index in [9.17, 15) is 0 Å². The fourth-order valence-corrected chi connectivity index (χ4v) is 1.96. The highest BCUT2D eigenvalue weighted by Crippen LogP contribution is 2.17. The van der Waals surface area contributed by atoms with Gasteiger partial charge in [0, 0.05) is 19.6 Å². The van der Waals surface area contributed by atoms with Crippen molar-refractivity contribution < 1.29 is 4.74 Å². The zero-order chi connectivity index (χ0) is 14.4. The van der Waals surface area contributed by atoms with Crippen molar-refractivity contribution in [3.8, 4) is 6.07 Å². The van der Waals surface area contributed by atoms with Crippen LogP contribution in [-0.2, 0) is 11.3 Å². The van der Waals surface area contributed by atoms with Gasteiger partial charge in [-0.05, 0) is 17.7 Å². The molecule has 0 unspecified atom stereocenters. The summed E-state index contributed by atoms with van der Waals surface area (Å²) in [7, 11) is 0. The van der Waals surface area contributed by atoms with E-state index in [0.29, 0.717) is 12.2 Å². The zero-order valence-corrected chi connectivity index (χ0v) is 11.5. The lowest BCUT2D eigenvalue weighted by atomic mass is 10.1. The number of hydrogen-bond donors (Lipinski definition) is 1. The standard InChI is InChI=1S/C16H19N3O/c1-3-8-18-13(2)19-10-16(11-19)20-12-15-6-4-14(9-17)5-7-15/h3-7,16,18H,1-2,8,10-12H2. The fraction of sp³-hybridized carbons (Fsp3) is 0.312. The van der Waals surface area contributed by atoms with Crippen LogP contribution in [-0.4, -0.2) is 30.6 Å². The van der Waals surface area contributed by atoms with Gasteiger partial charge in [0.15, 0.2) is 0 Å². The molecule has 1 heterocycles. The Balaban J connectivity index is 1.68. The second kappa shape index (κ2) is 6.78. The lowest BCUT2D eigenvalue weighted by molar-refractivity contribution is -0.0506. The quantitative estimate of drug-likeness (QED) is 0.769. The number of hydrogen-bond acceptors (Lipinski definition) is 4. The Morgan fingerprint density at radius 1 is 1.45 bits per heavy atom. The summed E-state index contributed by atoms with van der Waals surface area (Å²) in [5.74, 6) is 0.920. The van der Waals surface area contributed by atoms with Gasteiger partial charge in [0.05, 0.1) is 30.2 Å².